The van der Waals surface area contributed by atoms with E-state index in [1.807, 2.05) is 54.7 Å². The molecule has 5 rings (SSSR count). The summed E-state index contributed by atoms with van der Waals surface area (Å²) in [5, 5.41) is 22.7. The van der Waals surface area contributed by atoms with Crippen LogP contribution >= 0.6 is 11.6 Å². The first-order valence-corrected chi connectivity index (χ1v) is 10.5. The number of H-pyrrole nitrogens is 1. The van der Waals surface area contributed by atoms with Crippen molar-refractivity contribution < 1.29 is 4.79 Å². The van der Waals surface area contributed by atoms with E-state index in [2.05, 4.69) is 38.0 Å². The van der Waals surface area contributed by atoms with Crippen LogP contribution in [0.5, 0.6) is 0 Å². The first-order chi connectivity index (χ1) is 15.1. The molecule has 156 valence electrons. The smallest absolute Gasteiger partial charge is 0.235 e. The fraction of sp³-hybridized carbons (Fsp3) is 0.227. The Bertz CT molecular complexity index is 1240. The minimum absolute atomic E-state index is 0.0473. The minimum atomic E-state index is -0.534. The van der Waals surface area contributed by atoms with Crippen molar-refractivity contribution >= 4 is 23.2 Å². The molecule has 9 heteroatoms. The average Bonchev–Trinajstić information content (AvgIpc) is 3.19. The van der Waals surface area contributed by atoms with Crippen LogP contribution in [0.2, 0.25) is 5.02 Å². The van der Waals surface area contributed by atoms with E-state index in [4.69, 9.17) is 11.6 Å². The number of amides is 1. The lowest BCUT2D eigenvalue weighted by molar-refractivity contribution is -0.118. The van der Waals surface area contributed by atoms with Gasteiger partial charge in [-0.05, 0) is 66.4 Å². The summed E-state index contributed by atoms with van der Waals surface area (Å²) in [5.41, 5.74) is 3.56. The maximum atomic E-state index is 13.2. The second-order valence-corrected chi connectivity index (χ2v) is 8.06. The molecule has 4 aromatic rings. The van der Waals surface area contributed by atoms with Crippen LogP contribution in [0.1, 0.15) is 31.0 Å². The largest absolute Gasteiger partial charge is 0.325 e. The summed E-state index contributed by atoms with van der Waals surface area (Å²) < 4.78 is 1.78. The van der Waals surface area contributed by atoms with Gasteiger partial charge in [0.2, 0.25) is 11.7 Å². The van der Waals surface area contributed by atoms with Crippen LogP contribution in [-0.4, -0.2) is 36.3 Å². The number of carbonyl (C=O) groups excluding carboxylic acids is 1. The van der Waals surface area contributed by atoms with Crippen LogP contribution < -0.4 is 5.32 Å². The number of nitrogens with one attached hydrogen (secondary N) is 2. The fourth-order valence-corrected chi connectivity index (χ4v) is 3.95. The average molecular weight is 434 g/mol. The summed E-state index contributed by atoms with van der Waals surface area (Å²) in [6, 6.07) is 15.1. The molecule has 2 aromatic heterocycles. The van der Waals surface area contributed by atoms with E-state index >= 15 is 0 Å². The Kier molecular flexibility index (Phi) is 4.78. The van der Waals surface area contributed by atoms with Gasteiger partial charge in [0.05, 0.1) is 22.4 Å². The summed E-state index contributed by atoms with van der Waals surface area (Å²) in [6.45, 7) is 2.05. The topological polar surface area (TPSA) is 101 Å². The highest BCUT2D eigenvalue weighted by molar-refractivity contribution is 6.30. The zero-order chi connectivity index (χ0) is 21.4. The van der Waals surface area contributed by atoms with Gasteiger partial charge >= 0.3 is 0 Å². The Morgan fingerprint density at radius 2 is 2.10 bits per heavy atom. The van der Waals surface area contributed by atoms with Crippen LogP contribution in [-0.2, 0) is 16.6 Å². The standard InChI is InChI=1S/C22H20ClN7O/c1-2-16-8-11-30(27-16)19-7-6-17(13-18(19)20-25-28-29-26-20)24-21(31)22(9-10-22)14-4-3-5-15(23)12-14/h3-8,11-13H,2,9-10H2,1H3,(H,24,31)(H,25,26,28,29). The number of aromatic nitrogens is 6. The van der Waals surface area contributed by atoms with E-state index in [1.165, 1.54) is 0 Å². The van der Waals surface area contributed by atoms with Gasteiger partial charge in [-0.2, -0.15) is 10.3 Å². The van der Waals surface area contributed by atoms with Gasteiger partial charge in [0.25, 0.3) is 0 Å². The van der Waals surface area contributed by atoms with Crippen molar-refractivity contribution in [1.82, 2.24) is 30.4 Å². The Morgan fingerprint density at radius 1 is 1.23 bits per heavy atom. The maximum Gasteiger partial charge on any atom is 0.235 e. The molecule has 1 aliphatic carbocycles. The first kappa shape index (κ1) is 19.4. The predicted molar refractivity (Wildman–Crippen MR) is 117 cm³/mol. The van der Waals surface area contributed by atoms with E-state index in [1.54, 1.807) is 4.68 Å². The Balaban J connectivity index is 1.48. The summed E-state index contributed by atoms with van der Waals surface area (Å²) in [4.78, 5) is 13.2. The Hall–Kier alpha value is -3.52. The number of aryl methyl sites for hydroxylation is 1. The number of carbonyl (C=O) groups is 1. The quantitative estimate of drug-likeness (QED) is 0.479. The van der Waals surface area contributed by atoms with Crippen molar-refractivity contribution in [2.24, 2.45) is 0 Å². The number of anilines is 1. The number of aromatic amines is 1. The molecule has 2 aromatic carbocycles. The first-order valence-electron chi connectivity index (χ1n) is 10.1. The highest BCUT2D eigenvalue weighted by Gasteiger charge is 2.51. The number of nitrogens with zero attached hydrogens (tertiary/aromatic N) is 5. The van der Waals surface area contributed by atoms with Crippen LogP contribution in [0.3, 0.4) is 0 Å². The number of halogens is 1. The SMILES string of the molecule is CCc1ccn(-c2ccc(NC(=O)C3(c4cccc(Cl)c4)CC3)cc2-c2nn[nH]n2)n1. The third-order valence-electron chi connectivity index (χ3n) is 5.66. The molecule has 0 aliphatic heterocycles. The van der Waals surface area contributed by atoms with E-state index in [9.17, 15) is 4.79 Å². The monoisotopic (exact) mass is 433 g/mol. The zero-order valence-corrected chi connectivity index (χ0v) is 17.6. The Morgan fingerprint density at radius 3 is 2.77 bits per heavy atom. The van der Waals surface area contributed by atoms with Gasteiger partial charge < -0.3 is 5.32 Å². The van der Waals surface area contributed by atoms with Crippen LogP contribution in [0.4, 0.5) is 5.69 Å². The lowest BCUT2D eigenvalue weighted by atomic mass is 9.95. The molecular weight excluding hydrogens is 414 g/mol. The number of tetrazole rings is 1. The van der Waals surface area contributed by atoms with E-state index < -0.39 is 5.41 Å². The molecule has 0 unspecified atom stereocenters. The number of benzene rings is 2. The van der Waals surface area contributed by atoms with E-state index in [-0.39, 0.29) is 5.91 Å². The Labute approximate surface area is 183 Å². The van der Waals surface area contributed by atoms with Gasteiger partial charge in [0.15, 0.2) is 0 Å². The summed E-state index contributed by atoms with van der Waals surface area (Å²) >= 11 is 6.15. The highest BCUT2D eigenvalue weighted by atomic mass is 35.5. The molecule has 2 N–H and O–H groups in total. The molecule has 0 radical (unpaired) electrons. The molecule has 0 bridgehead atoms. The van der Waals surface area contributed by atoms with Crippen LogP contribution in [0.15, 0.2) is 54.7 Å². The third kappa shape index (κ3) is 3.59. The molecule has 1 amide bonds. The molecule has 0 spiro atoms. The van der Waals surface area contributed by atoms with Crippen molar-refractivity contribution in [2.45, 2.75) is 31.6 Å². The summed E-state index contributed by atoms with van der Waals surface area (Å²) in [7, 11) is 0. The summed E-state index contributed by atoms with van der Waals surface area (Å²) in [5.74, 6) is 0.379. The molecule has 1 saturated carbocycles. The van der Waals surface area contributed by atoms with Gasteiger partial charge in [-0.25, -0.2) is 4.68 Å². The van der Waals surface area contributed by atoms with Crippen LogP contribution in [0.25, 0.3) is 17.1 Å². The molecule has 0 atom stereocenters. The van der Waals surface area contributed by atoms with Crippen LogP contribution in [0, 0.1) is 0 Å². The van der Waals surface area contributed by atoms with Crippen molar-refractivity contribution in [3.63, 3.8) is 0 Å². The molecule has 0 saturated heterocycles. The van der Waals surface area contributed by atoms with Gasteiger partial charge in [-0.1, -0.05) is 30.7 Å². The lowest BCUT2D eigenvalue weighted by Gasteiger charge is -2.17. The summed E-state index contributed by atoms with van der Waals surface area (Å²) in [6.07, 6.45) is 4.32. The lowest BCUT2D eigenvalue weighted by Crippen LogP contribution is -2.27. The third-order valence-corrected chi connectivity index (χ3v) is 5.89. The molecular formula is C22H20ClN7O. The minimum Gasteiger partial charge on any atom is -0.325 e. The highest BCUT2D eigenvalue weighted by Crippen LogP contribution is 2.49. The van der Waals surface area contributed by atoms with E-state index in [0.717, 1.165) is 36.2 Å². The molecule has 2 heterocycles. The molecule has 1 aliphatic rings. The molecule has 1 fully saturated rings. The maximum absolute atomic E-state index is 13.2. The van der Waals surface area contributed by atoms with Gasteiger partial charge in [-0.3, -0.25) is 4.79 Å². The second-order valence-electron chi connectivity index (χ2n) is 7.62. The number of hydrogen-bond donors (Lipinski definition) is 2. The predicted octanol–water partition coefficient (Wildman–Crippen LogP) is 3.94. The fourth-order valence-electron chi connectivity index (χ4n) is 3.76. The zero-order valence-electron chi connectivity index (χ0n) is 16.8. The second kappa shape index (κ2) is 7.63. The van der Waals surface area contributed by atoms with Gasteiger partial charge in [0, 0.05) is 16.9 Å². The molecule has 8 nitrogen and oxygen atoms in total. The van der Waals surface area contributed by atoms with Crippen molar-refractivity contribution in [3.05, 3.63) is 71.0 Å². The van der Waals surface area contributed by atoms with Crippen molar-refractivity contribution in [2.75, 3.05) is 5.32 Å². The van der Waals surface area contributed by atoms with Crippen molar-refractivity contribution in [1.29, 1.82) is 0 Å². The number of hydrogen-bond acceptors (Lipinski definition) is 5. The van der Waals surface area contributed by atoms with Crippen molar-refractivity contribution in [3.8, 4) is 17.1 Å². The van der Waals surface area contributed by atoms with Gasteiger partial charge in [0.1, 0.15) is 0 Å². The van der Waals surface area contributed by atoms with E-state index in [0.29, 0.717) is 22.1 Å². The van der Waals surface area contributed by atoms with Gasteiger partial charge in [-0.15, -0.1) is 10.2 Å². The molecule has 31 heavy (non-hydrogen) atoms. The number of rotatable bonds is 6. The normalized spacial score (nSPS) is 14.4.